The zero-order chi connectivity index (χ0) is 22.9. The zero-order valence-corrected chi connectivity index (χ0v) is 17.9. The van der Waals surface area contributed by atoms with Crippen molar-refractivity contribution in [3.8, 4) is 22.9 Å². The molecule has 0 N–H and O–H groups in total. The Morgan fingerprint density at radius 3 is 1.97 bits per heavy atom. The van der Waals surface area contributed by atoms with Gasteiger partial charge in [-0.2, -0.15) is 9.97 Å². The normalized spacial score (nSPS) is 11.9. The fourth-order valence-corrected chi connectivity index (χ4v) is 4.19. The number of pyridine rings is 1. The van der Waals surface area contributed by atoms with E-state index in [0.717, 1.165) is 9.13 Å². The molecule has 0 spiro atoms. The van der Waals surface area contributed by atoms with Gasteiger partial charge in [0.05, 0.1) is 22.1 Å². The highest BCUT2D eigenvalue weighted by atomic mass is 16.2. The summed E-state index contributed by atoms with van der Waals surface area (Å²) < 4.78 is 5.43. The summed E-state index contributed by atoms with van der Waals surface area (Å²) in [5, 5.41) is 0.631. The summed E-state index contributed by atoms with van der Waals surface area (Å²) in [5.74, 6) is 0.510. The van der Waals surface area contributed by atoms with Crippen molar-refractivity contribution in [1.82, 2.24) is 33.2 Å². The topological polar surface area (TPSA) is 127 Å². The lowest BCUT2D eigenvalue weighted by molar-refractivity contribution is 0.716. The maximum Gasteiger partial charge on any atom is 0.352 e. The van der Waals surface area contributed by atoms with Gasteiger partial charge in [0.15, 0.2) is 17.3 Å². The van der Waals surface area contributed by atoms with Gasteiger partial charge in [-0.3, -0.25) is 18.7 Å². The Morgan fingerprint density at radius 1 is 0.750 bits per heavy atom. The van der Waals surface area contributed by atoms with Crippen LogP contribution in [-0.2, 0) is 27.2 Å². The summed E-state index contributed by atoms with van der Waals surface area (Å²) in [6.07, 6.45) is 0. The van der Waals surface area contributed by atoms with Gasteiger partial charge in [-0.1, -0.05) is 0 Å². The Bertz CT molecular complexity index is 1630. The molecule has 4 aliphatic heterocycles. The van der Waals surface area contributed by atoms with Crippen LogP contribution in [0.5, 0.6) is 0 Å². The van der Waals surface area contributed by atoms with Gasteiger partial charge in [0, 0.05) is 32.6 Å². The molecule has 162 valence electrons. The molecule has 0 saturated heterocycles. The number of fused-ring (bicyclic) bond motifs is 5. The molecule has 11 heteroatoms. The minimum absolute atomic E-state index is 0.0676. The summed E-state index contributed by atoms with van der Waals surface area (Å²) in [7, 11) is 2.74. The smallest absolute Gasteiger partial charge is 0.325 e. The molecular formula is C21H19N7O4. The molecule has 4 aliphatic rings. The van der Waals surface area contributed by atoms with Crippen LogP contribution in [0, 0.1) is 0 Å². The third-order valence-corrected chi connectivity index (χ3v) is 5.88. The van der Waals surface area contributed by atoms with E-state index in [1.165, 1.54) is 14.1 Å². The number of nitrogens with zero attached hydrogens (tertiary/aromatic N) is 7. The summed E-state index contributed by atoms with van der Waals surface area (Å²) in [6.45, 7) is 4.69. The molecule has 1 aromatic carbocycles. The Kier molecular flexibility index (Phi) is 4.13. The summed E-state index contributed by atoms with van der Waals surface area (Å²) in [5.41, 5.74) is -0.0558. The molecule has 5 rings (SSSR count). The largest absolute Gasteiger partial charge is 0.352 e. The summed E-state index contributed by atoms with van der Waals surface area (Å²) >= 11 is 0. The Balaban J connectivity index is 2.11. The number of hydrogen-bond donors (Lipinski definition) is 0. The van der Waals surface area contributed by atoms with Crippen molar-refractivity contribution in [2.45, 2.75) is 26.9 Å². The van der Waals surface area contributed by atoms with Crippen LogP contribution in [-0.4, -0.2) is 33.2 Å². The third-order valence-electron chi connectivity index (χ3n) is 5.88. The van der Waals surface area contributed by atoms with E-state index in [9.17, 15) is 19.2 Å². The van der Waals surface area contributed by atoms with Crippen molar-refractivity contribution < 1.29 is 0 Å². The van der Waals surface area contributed by atoms with E-state index < -0.39 is 22.5 Å². The summed E-state index contributed by atoms with van der Waals surface area (Å²) in [4.78, 5) is 62.7. The maximum atomic E-state index is 12.9. The fourth-order valence-electron chi connectivity index (χ4n) is 4.19. The highest BCUT2D eigenvalue weighted by molar-refractivity contribution is 6.05. The molecule has 0 unspecified atom stereocenters. The van der Waals surface area contributed by atoms with E-state index in [-0.39, 0.29) is 17.1 Å². The van der Waals surface area contributed by atoms with Gasteiger partial charge < -0.3 is 9.13 Å². The highest BCUT2D eigenvalue weighted by Gasteiger charge is 2.23. The molecule has 0 fully saturated rings. The first kappa shape index (κ1) is 19.8. The van der Waals surface area contributed by atoms with Crippen LogP contribution in [0.4, 0.5) is 0 Å². The standard InChI is InChI=1S/C21H19N7O4/c1-5-27-12-7-8-13-14(10(12)9-11-16(27)23-20(31)25(3)18(11)29)22-15-17(28(13)6-2)24-21(32)26(4)19(15)30/h7-9H,5-6H2,1-4H3. The number of rotatable bonds is 2. The van der Waals surface area contributed by atoms with Crippen LogP contribution >= 0.6 is 0 Å². The van der Waals surface area contributed by atoms with Gasteiger partial charge in [0.25, 0.3) is 11.1 Å². The molecule has 0 atom stereocenters. The molecule has 0 aromatic heterocycles. The molecule has 0 bridgehead atoms. The molecule has 11 nitrogen and oxygen atoms in total. The Labute approximate surface area is 179 Å². The monoisotopic (exact) mass is 433 g/mol. The molecule has 4 heterocycles. The van der Waals surface area contributed by atoms with Crippen molar-refractivity contribution in [2.75, 3.05) is 0 Å². The van der Waals surface area contributed by atoms with Gasteiger partial charge in [0.2, 0.25) is 0 Å². The first-order valence-corrected chi connectivity index (χ1v) is 10.1. The third kappa shape index (κ3) is 2.44. The lowest BCUT2D eigenvalue weighted by Gasteiger charge is -2.20. The van der Waals surface area contributed by atoms with E-state index in [0.29, 0.717) is 40.9 Å². The van der Waals surface area contributed by atoms with Crippen molar-refractivity contribution in [1.29, 1.82) is 0 Å². The van der Waals surface area contributed by atoms with Crippen LogP contribution in [0.2, 0.25) is 0 Å². The average molecular weight is 433 g/mol. The predicted octanol–water partition coefficient (Wildman–Crippen LogP) is 0.148. The minimum atomic E-state index is -0.649. The highest BCUT2D eigenvalue weighted by Crippen LogP contribution is 2.31. The van der Waals surface area contributed by atoms with Crippen LogP contribution in [0.1, 0.15) is 13.8 Å². The molecule has 0 aliphatic carbocycles. The number of benzene rings is 1. The van der Waals surface area contributed by atoms with E-state index in [1.807, 2.05) is 26.0 Å². The summed E-state index contributed by atoms with van der Waals surface area (Å²) in [6, 6.07) is 5.34. The van der Waals surface area contributed by atoms with E-state index >= 15 is 0 Å². The quantitative estimate of drug-likeness (QED) is 0.286. The molecule has 1 aromatic rings. The molecule has 0 amide bonds. The molecule has 0 radical (unpaired) electrons. The van der Waals surface area contributed by atoms with E-state index in [1.54, 1.807) is 15.2 Å². The lowest BCUT2D eigenvalue weighted by Crippen LogP contribution is -2.36. The second kappa shape index (κ2) is 6.67. The molecule has 32 heavy (non-hydrogen) atoms. The first-order valence-electron chi connectivity index (χ1n) is 10.1. The van der Waals surface area contributed by atoms with Crippen LogP contribution in [0.25, 0.3) is 44.8 Å². The SMILES string of the molecule is CCn1c2nc(=O)n(C)c(=O)c-2cc2c3nc4c(=O)n(C)c(=O)nc-4n(CC)c3ccc21. The Morgan fingerprint density at radius 2 is 1.31 bits per heavy atom. The van der Waals surface area contributed by atoms with E-state index in [2.05, 4.69) is 15.0 Å². The van der Waals surface area contributed by atoms with Crippen LogP contribution in [0.15, 0.2) is 37.4 Å². The van der Waals surface area contributed by atoms with Crippen LogP contribution in [0.3, 0.4) is 0 Å². The lowest BCUT2D eigenvalue weighted by atomic mass is 10.1. The van der Waals surface area contributed by atoms with E-state index in [4.69, 9.17) is 0 Å². The Hall–Kier alpha value is -4.15. The second-order valence-electron chi connectivity index (χ2n) is 7.54. The number of aromatic nitrogens is 7. The van der Waals surface area contributed by atoms with Crippen molar-refractivity contribution in [2.24, 2.45) is 14.1 Å². The minimum Gasteiger partial charge on any atom is -0.325 e. The van der Waals surface area contributed by atoms with Crippen molar-refractivity contribution in [3.05, 3.63) is 59.9 Å². The van der Waals surface area contributed by atoms with Gasteiger partial charge in [-0.15, -0.1) is 0 Å². The average Bonchev–Trinajstić information content (AvgIpc) is 2.79. The first-order chi connectivity index (χ1) is 15.3. The van der Waals surface area contributed by atoms with Gasteiger partial charge >= 0.3 is 11.4 Å². The van der Waals surface area contributed by atoms with Crippen LogP contribution < -0.4 is 22.5 Å². The number of aryl methyl sites for hydroxylation is 2. The van der Waals surface area contributed by atoms with Crippen molar-refractivity contribution >= 4 is 21.9 Å². The van der Waals surface area contributed by atoms with Gasteiger partial charge in [0.1, 0.15) is 0 Å². The zero-order valence-electron chi connectivity index (χ0n) is 17.9. The maximum absolute atomic E-state index is 12.9. The second-order valence-corrected chi connectivity index (χ2v) is 7.54. The van der Waals surface area contributed by atoms with Gasteiger partial charge in [-0.05, 0) is 32.0 Å². The fraction of sp³-hybridized carbons (Fsp3) is 0.286. The number of hydrogen-bond acceptors (Lipinski definition) is 7. The molecule has 0 saturated carbocycles. The predicted molar refractivity (Wildman–Crippen MR) is 118 cm³/mol. The molecular weight excluding hydrogens is 414 g/mol. The van der Waals surface area contributed by atoms with Crippen molar-refractivity contribution in [3.63, 3.8) is 0 Å². The van der Waals surface area contributed by atoms with Gasteiger partial charge in [-0.25, -0.2) is 14.6 Å².